The standard InChI is InChI=1S/C16H12N4OS/c1-9-6-7-12-13(8-9)22-16(19-12)20-15(21)14-17-10-4-2-3-5-11(10)18-14/h2-8H,1H3,(H,17,18)(H,19,20,21). The molecule has 0 fully saturated rings. The predicted molar refractivity (Wildman–Crippen MR) is 88.4 cm³/mol. The normalized spacial score (nSPS) is 11.1. The number of hydrogen-bond acceptors (Lipinski definition) is 4. The topological polar surface area (TPSA) is 70.7 Å². The molecule has 0 spiro atoms. The number of fused-ring (bicyclic) bond motifs is 2. The molecule has 0 saturated carbocycles. The number of aromatic nitrogens is 3. The lowest BCUT2D eigenvalue weighted by Gasteiger charge is -1.96. The highest BCUT2D eigenvalue weighted by molar-refractivity contribution is 7.22. The van der Waals surface area contributed by atoms with Crippen molar-refractivity contribution in [1.29, 1.82) is 0 Å². The number of nitrogens with zero attached hydrogens (tertiary/aromatic N) is 2. The van der Waals surface area contributed by atoms with E-state index in [2.05, 4.69) is 26.3 Å². The summed E-state index contributed by atoms with van der Waals surface area (Å²) in [7, 11) is 0. The van der Waals surface area contributed by atoms with Gasteiger partial charge in [-0.2, -0.15) is 0 Å². The van der Waals surface area contributed by atoms with Gasteiger partial charge in [0.1, 0.15) is 0 Å². The summed E-state index contributed by atoms with van der Waals surface area (Å²) in [5.74, 6) is 0.00335. The number of amides is 1. The first kappa shape index (κ1) is 13.0. The van der Waals surface area contributed by atoms with Crippen LogP contribution in [0, 0.1) is 6.92 Å². The van der Waals surface area contributed by atoms with Crippen LogP contribution in [0.4, 0.5) is 5.13 Å². The number of nitrogens with one attached hydrogen (secondary N) is 2. The van der Waals surface area contributed by atoms with Crippen LogP contribution >= 0.6 is 11.3 Å². The fourth-order valence-electron chi connectivity index (χ4n) is 2.30. The fraction of sp³-hybridized carbons (Fsp3) is 0.0625. The second kappa shape index (κ2) is 4.92. The van der Waals surface area contributed by atoms with Crippen molar-refractivity contribution in [1.82, 2.24) is 15.0 Å². The summed E-state index contributed by atoms with van der Waals surface area (Å²) in [6.07, 6.45) is 0. The van der Waals surface area contributed by atoms with Crippen molar-refractivity contribution >= 4 is 43.6 Å². The molecule has 2 aromatic heterocycles. The molecule has 5 nitrogen and oxygen atoms in total. The molecule has 0 atom stereocenters. The van der Waals surface area contributed by atoms with Crippen LogP contribution in [0.5, 0.6) is 0 Å². The minimum absolute atomic E-state index is 0.285. The molecule has 2 heterocycles. The summed E-state index contributed by atoms with van der Waals surface area (Å²) in [4.78, 5) is 24.0. The number of aromatic amines is 1. The zero-order valence-electron chi connectivity index (χ0n) is 11.8. The number of H-pyrrole nitrogens is 1. The van der Waals surface area contributed by atoms with E-state index >= 15 is 0 Å². The molecule has 4 aromatic rings. The third kappa shape index (κ3) is 2.23. The van der Waals surface area contributed by atoms with E-state index in [1.807, 2.05) is 43.3 Å². The van der Waals surface area contributed by atoms with Gasteiger partial charge < -0.3 is 4.98 Å². The molecule has 0 radical (unpaired) electrons. The highest BCUT2D eigenvalue weighted by Crippen LogP contribution is 2.27. The van der Waals surface area contributed by atoms with Crippen LogP contribution < -0.4 is 5.32 Å². The number of imidazole rings is 1. The lowest BCUT2D eigenvalue weighted by molar-refractivity contribution is 0.101. The molecule has 1 amide bonds. The highest BCUT2D eigenvalue weighted by Gasteiger charge is 2.13. The smallest absolute Gasteiger partial charge is 0.293 e. The van der Waals surface area contributed by atoms with Crippen molar-refractivity contribution in [3.8, 4) is 0 Å². The van der Waals surface area contributed by atoms with E-state index < -0.39 is 0 Å². The zero-order valence-corrected chi connectivity index (χ0v) is 12.6. The summed E-state index contributed by atoms with van der Waals surface area (Å²) < 4.78 is 1.06. The van der Waals surface area contributed by atoms with Crippen molar-refractivity contribution in [2.45, 2.75) is 6.92 Å². The van der Waals surface area contributed by atoms with E-state index in [4.69, 9.17) is 0 Å². The van der Waals surface area contributed by atoms with Crippen molar-refractivity contribution < 1.29 is 4.79 Å². The maximum atomic E-state index is 12.3. The molecule has 0 unspecified atom stereocenters. The molecule has 0 bridgehead atoms. The van der Waals surface area contributed by atoms with E-state index in [0.717, 1.165) is 21.3 Å². The fourth-order valence-corrected chi connectivity index (χ4v) is 3.26. The Morgan fingerprint density at radius 2 is 2.00 bits per heavy atom. The third-order valence-electron chi connectivity index (χ3n) is 3.37. The number of benzene rings is 2. The minimum Gasteiger partial charge on any atom is -0.334 e. The number of thiazole rings is 1. The molecule has 2 aromatic carbocycles. The molecule has 0 saturated heterocycles. The monoisotopic (exact) mass is 308 g/mol. The van der Waals surface area contributed by atoms with E-state index in [9.17, 15) is 4.79 Å². The minimum atomic E-state index is -0.285. The average Bonchev–Trinajstić information content (AvgIpc) is 3.09. The van der Waals surface area contributed by atoms with Gasteiger partial charge in [-0.25, -0.2) is 9.97 Å². The summed E-state index contributed by atoms with van der Waals surface area (Å²) in [6, 6.07) is 13.6. The van der Waals surface area contributed by atoms with Gasteiger partial charge in [0.15, 0.2) is 11.0 Å². The first-order chi connectivity index (χ1) is 10.7. The van der Waals surface area contributed by atoms with Crippen LogP contribution in [0.3, 0.4) is 0 Å². The van der Waals surface area contributed by atoms with Gasteiger partial charge in [-0.05, 0) is 36.8 Å². The molecule has 4 rings (SSSR count). The largest absolute Gasteiger partial charge is 0.334 e. The number of rotatable bonds is 2. The van der Waals surface area contributed by atoms with Crippen LogP contribution in [0.15, 0.2) is 42.5 Å². The summed E-state index contributed by atoms with van der Waals surface area (Å²) >= 11 is 1.46. The van der Waals surface area contributed by atoms with Crippen LogP contribution in [0.2, 0.25) is 0 Å². The van der Waals surface area contributed by atoms with Crippen LogP contribution in [-0.2, 0) is 0 Å². The van der Waals surface area contributed by atoms with Gasteiger partial charge in [-0.15, -0.1) is 0 Å². The quantitative estimate of drug-likeness (QED) is 0.592. The lowest BCUT2D eigenvalue weighted by Crippen LogP contribution is -2.13. The van der Waals surface area contributed by atoms with E-state index in [-0.39, 0.29) is 11.7 Å². The van der Waals surface area contributed by atoms with Gasteiger partial charge in [0.05, 0.1) is 21.3 Å². The Labute approximate surface area is 130 Å². The first-order valence-corrected chi connectivity index (χ1v) is 7.64. The Balaban J connectivity index is 1.64. The Hall–Kier alpha value is -2.73. The Morgan fingerprint density at radius 1 is 1.14 bits per heavy atom. The third-order valence-corrected chi connectivity index (χ3v) is 4.30. The van der Waals surface area contributed by atoms with Gasteiger partial charge in [0.25, 0.3) is 5.91 Å². The molecular weight excluding hydrogens is 296 g/mol. The number of para-hydroxylation sites is 2. The van der Waals surface area contributed by atoms with Crippen molar-refractivity contribution in [2.24, 2.45) is 0 Å². The average molecular weight is 308 g/mol. The molecule has 6 heteroatoms. The first-order valence-electron chi connectivity index (χ1n) is 6.82. The Bertz CT molecular complexity index is 969. The maximum Gasteiger partial charge on any atom is 0.293 e. The number of aryl methyl sites for hydroxylation is 1. The summed E-state index contributed by atoms with van der Waals surface area (Å²) in [5.41, 5.74) is 3.67. The maximum absolute atomic E-state index is 12.3. The van der Waals surface area contributed by atoms with Crippen LogP contribution in [0.1, 0.15) is 16.2 Å². The van der Waals surface area contributed by atoms with Gasteiger partial charge in [-0.1, -0.05) is 29.5 Å². The summed E-state index contributed by atoms with van der Waals surface area (Å²) in [5, 5.41) is 3.38. The van der Waals surface area contributed by atoms with E-state index in [1.165, 1.54) is 16.9 Å². The van der Waals surface area contributed by atoms with Gasteiger partial charge in [0.2, 0.25) is 0 Å². The Morgan fingerprint density at radius 3 is 2.86 bits per heavy atom. The molecule has 22 heavy (non-hydrogen) atoms. The highest BCUT2D eigenvalue weighted by atomic mass is 32.1. The molecule has 2 N–H and O–H groups in total. The van der Waals surface area contributed by atoms with Gasteiger partial charge in [-0.3, -0.25) is 10.1 Å². The Kier molecular flexibility index (Phi) is 2.90. The van der Waals surface area contributed by atoms with Crippen molar-refractivity contribution in [2.75, 3.05) is 5.32 Å². The molecule has 108 valence electrons. The zero-order chi connectivity index (χ0) is 15.1. The SMILES string of the molecule is Cc1ccc2nc(NC(=O)c3nc4ccccc4[nH]3)sc2c1. The van der Waals surface area contributed by atoms with Crippen molar-refractivity contribution in [3.63, 3.8) is 0 Å². The van der Waals surface area contributed by atoms with Crippen molar-refractivity contribution in [3.05, 3.63) is 53.9 Å². The van der Waals surface area contributed by atoms with Crippen LogP contribution in [-0.4, -0.2) is 20.9 Å². The molecule has 0 aliphatic carbocycles. The molecule has 0 aliphatic rings. The lowest BCUT2D eigenvalue weighted by atomic mass is 10.2. The number of carbonyl (C=O) groups excluding carboxylic acids is 1. The second-order valence-corrected chi connectivity index (χ2v) is 6.08. The number of anilines is 1. The number of hydrogen-bond donors (Lipinski definition) is 2. The summed E-state index contributed by atoms with van der Waals surface area (Å²) in [6.45, 7) is 2.03. The predicted octanol–water partition coefficient (Wildman–Crippen LogP) is 3.73. The van der Waals surface area contributed by atoms with E-state index in [0.29, 0.717) is 5.13 Å². The van der Waals surface area contributed by atoms with Gasteiger partial charge >= 0.3 is 0 Å². The number of carbonyl (C=O) groups is 1. The van der Waals surface area contributed by atoms with Gasteiger partial charge in [0, 0.05) is 0 Å². The molecule has 0 aliphatic heterocycles. The van der Waals surface area contributed by atoms with E-state index in [1.54, 1.807) is 0 Å². The molecular formula is C16H12N4OS. The second-order valence-electron chi connectivity index (χ2n) is 5.05. The van der Waals surface area contributed by atoms with Crippen LogP contribution in [0.25, 0.3) is 21.3 Å².